The van der Waals surface area contributed by atoms with E-state index in [0.717, 1.165) is 5.56 Å². The number of nitrogens with one attached hydrogen (secondary N) is 2. The van der Waals surface area contributed by atoms with E-state index in [0.29, 0.717) is 40.0 Å². The number of hydrogen-bond acceptors (Lipinski definition) is 5. The third-order valence-corrected chi connectivity index (χ3v) is 5.12. The second kappa shape index (κ2) is 9.75. The van der Waals surface area contributed by atoms with E-state index in [1.807, 2.05) is 32.0 Å². The van der Waals surface area contributed by atoms with Gasteiger partial charge in [0.05, 0.1) is 25.8 Å². The normalized spacial score (nSPS) is 15.9. The van der Waals surface area contributed by atoms with Crippen LogP contribution in [0.2, 0.25) is 5.02 Å². The van der Waals surface area contributed by atoms with Crippen molar-refractivity contribution >= 4 is 23.6 Å². The van der Waals surface area contributed by atoms with Gasteiger partial charge in [-0.25, -0.2) is 9.59 Å². The highest BCUT2D eigenvalue weighted by molar-refractivity contribution is 6.30. The van der Waals surface area contributed by atoms with Gasteiger partial charge in [-0.3, -0.25) is 0 Å². The summed E-state index contributed by atoms with van der Waals surface area (Å²) in [7, 11) is 2.84. The van der Waals surface area contributed by atoms with Crippen LogP contribution in [0.15, 0.2) is 53.7 Å². The third kappa shape index (κ3) is 5.11. The summed E-state index contributed by atoms with van der Waals surface area (Å²) in [6.45, 7) is 4.10. The molecular weight excluding hydrogens is 420 g/mol. The molecule has 0 fully saturated rings. The number of methoxy groups -OCH3 is 2. The molecule has 1 atom stereocenters. The summed E-state index contributed by atoms with van der Waals surface area (Å²) in [5.41, 5.74) is 2.47. The Labute approximate surface area is 186 Å². The molecule has 2 N–H and O–H groups in total. The Morgan fingerprint density at radius 2 is 1.90 bits per heavy atom. The summed E-state index contributed by atoms with van der Waals surface area (Å²) in [6, 6.07) is 11.6. The molecular formula is C23H25ClN2O5. The molecule has 0 saturated heterocycles. The van der Waals surface area contributed by atoms with Crippen LogP contribution < -0.4 is 20.1 Å². The minimum Gasteiger partial charge on any atom is -0.493 e. The zero-order valence-corrected chi connectivity index (χ0v) is 18.6. The molecule has 0 spiro atoms. The fourth-order valence-corrected chi connectivity index (χ4v) is 3.61. The van der Waals surface area contributed by atoms with Gasteiger partial charge in [0.25, 0.3) is 0 Å². The summed E-state index contributed by atoms with van der Waals surface area (Å²) >= 11 is 6.03. The number of halogens is 1. The SMILES string of the molecule is COC(=O)C1=C(C(C)C)NC(=O)NC1c1ccc(OCc2cccc(Cl)c2)c(OC)c1. The van der Waals surface area contributed by atoms with Crippen LogP contribution in [-0.2, 0) is 16.1 Å². The van der Waals surface area contributed by atoms with Crippen molar-refractivity contribution in [3.8, 4) is 11.5 Å². The standard InChI is InChI=1S/C23H25ClN2O5/c1-13(2)20-19(22(27)30-4)21(26-23(28)25-20)15-8-9-17(18(11-15)29-3)31-12-14-6-5-7-16(24)10-14/h5-11,13,21H,12H2,1-4H3,(H2,25,26,28). The Balaban J connectivity index is 1.93. The molecule has 1 unspecified atom stereocenters. The Morgan fingerprint density at radius 3 is 2.55 bits per heavy atom. The molecule has 1 aliphatic rings. The summed E-state index contributed by atoms with van der Waals surface area (Å²) < 4.78 is 16.4. The smallest absolute Gasteiger partial charge is 0.337 e. The molecule has 0 saturated carbocycles. The fraction of sp³-hybridized carbons (Fsp3) is 0.304. The summed E-state index contributed by atoms with van der Waals surface area (Å²) in [6.07, 6.45) is 0. The van der Waals surface area contributed by atoms with Crippen molar-refractivity contribution in [2.75, 3.05) is 14.2 Å². The van der Waals surface area contributed by atoms with Crippen LogP contribution in [0, 0.1) is 5.92 Å². The van der Waals surface area contributed by atoms with E-state index in [1.54, 1.807) is 24.3 Å². The van der Waals surface area contributed by atoms with Crippen LogP contribution in [0.1, 0.15) is 31.0 Å². The van der Waals surface area contributed by atoms with E-state index in [9.17, 15) is 9.59 Å². The molecule has 3 rings (SSSR count). The Hall–Kier alpha value is -3.19. The average molecular weight is 445 g/mol. The quantitative estimate of drug-likeness (QED) is 0.619. The molecule has 0 aromatic heterocycles. The van der Waals surface area contributed by atoms with Gasteiger partial charge < -0.3 is 24.8 Å². The molecule has 31 heavy (non-hydrogen) atoms. The van der Waals surface area contributed by atoms with Gasteiger partial charge in [0.15, 0.2) is 11.5 Å². The summed E-state index contributed by atoms with van der Waals surface area (Å²) in [4.78, 5) is 24.8. The average Bonchev–Trinajstić information content (AvgIpc) is 2.76. The number of allylic oxidation sites excluding steroid dienone is 1. The second-order valence-electron chi connectivity index (χ2n) is 7.33. The third-order valence-electron chi connectivity index (χ3n) is 4.89. The number of carbonyl (C=O) groups excluding carboxylic acids is 2. The molecule has 0 aliphatic carbocycles. The molecule has 2 aromatic rings. The topological polar surface area (TPSA) is 85.9 Å². The van der Waals surface area contributed by atoms with E-state index in [1.165, 1.54) is 14.2 Å². The summed E-state index contributed by atoms with van der Waals surface area (Å²) in [5, 5.41) is 6.16. The van der Waals surface area contributed by atoms with Crippen molar-refractivity contribution in [3.63, 3.8) is 0 Å². The molecule has 7 nitrogen and oxygen atoms in total. The van der Waals surface area contributed by atoms with Crippen LogP contribution in [0.4, 0.5) is 4.79 Å². The molecule has 0 radical (unpaired) electrons. The minimum atomic E-state index is -0.686. The van der Waals surface area contributed by atoms with E-state index < -0.39 is 12.0 Å². The number of ether oxygens (including phenoxy) is 3. The highest BCUT2D eigenvalue weighted by atomic mass is 35.5. The zero-order valence-electron chi connectivity index (χ0n) is 17.8. The number of amides is 2. The Kier molecular flexibility index (Phi) is 7.07. The number of carbonyl (C=O) groups is 2. The highest BCUT2D eigenvalue weighted by Gasteiger charge is 2.34. The van der Waals surface area contributed by atoms with Gasteiger partial charge in [-0.15, -0.1) is 0 Å². The highest BCUT2D eigenvalue weighted by Crippen LogP contribution is 2.36. The molecule has 164 valence electrons. The maximum atomic E-state index is 12.5. The van der Waals surface area contributed by atoms with Gasteiger partial charge in [0.2, 0.25) is 0 Å². The summed E-state index contributed by atoms with van der Waals surface area (Å²) in [5.74, 6) is 0.410. The Bertz CT molecular complexity index is 1020. The molecule has 2 amide bonds. The largest absolute Gasteiger partial charge is 0.493 e. The Morgan fingerprint density at radius 1 is 1.13 bits per heavy atom. The van der Waals surface area contributed by atoms with Crippen molar-refractivity contribution in [1.29, 1.82) is 0 Å². The van der Waals surface area contributed by atoms with E-state index in [4.69, 9.17) is 25.8 Å². The van der Waals surface area contributed by atoms with Crippen LogP contribution >= 0.6 is 11.6 Å². The first kappa shape index (κ1) is 22.5. The van der Waals surface area contributed by atoms with Crippen LogP contribution in [0.25, 0.3) is 0 Å². The molecule has 1 aliphatic heterocycles. The van der Waals surface area contributed by atoms with Gasteiger partial charge in [-0.05, 0) is 41.3 Å². The fourth-order valence-electron chi connectivity index (χ4n) is 3.40. The van der Waals surface area contributed by atoms with Gasteiger partial charge in [0.1, 0.15) is 6.61 Å². The zero-order chi connectivity index (χ0) is 22.5. The van der Waals surface area contributed by atoms with Crippen LogP contribution in [0.3, 0.4) is 0 Å². The second-order valence-corrected chi connectivity index (χ2v) is 7.77. The van der Waals surface area contributed by atoms with E-state index in [2.05, 4.69) is 10.6 Å². The maximum absolute atomic E-state index is 12.5. The lowest BCUT2D eigenvalue weighted by atomic mass is 9.91. The van der Waals surface area contributed by atoms with Gasteiger partial charge >= 0.3 is 12.0 Å². The monoisotopic (exact) mass is 444 g/mol. The number of benzene rings is 2. The minimum absolute atomic E-state index is 0.0788. The first-order chi connectivity index (χ1) is 14.8. The van der Waals surface area contributed by atoms with Crippen molar-refractivity contribution in [2.24, 2.45) is 5.92 Å². The van der Waals surface area contributed by atoms with Gasteiger partial charge in [-0.2, -0.15) is 0 Å². The predicted octanol–water partition coefficient (Wildman–Crippen LogP) is 4.36. The number of hydrogen-bond donors (Lipinski definition) is 2. The molecule has 2 aromatic carbocycles. The van der Waals surface area contributed by atoms with Crippen molar-refractivity contribution in [3.05, 3.63) is 69.9 Å². The molecule has 0 bridgehead atoms. The predicted molar refractivity (Wildman–Crippen MR) is 117 cm³/mol. The van der Waals surface area contributed by atoms with Gasteiger partial charge in [-0.1, -0.05) is 43.6 Å². The number of urea groups is 1. The van der Waals surface area contributed by atoms with Crippen molar-refractivity contribution < 1.29 is 23.8 Å². The molecule has 1 heterocycles. The lowest BCUT2D eigenvalue weighted by Gasteiger charge is -2.31. The lowest BCUT2D eigenvalue weighted by molar-refractivity contribution is -0.136. The first-order valence-electron chi connectivity index (χ1n) is 9.79. The lowest BCUT2D eigenvalue weighted by Crippen LogP contribution is -2.47. The molecule has 8 heteroatoms. The van der Waals surface area contributed by atoms with Crippen molar-refractivity contribution in [2.45, 2.75) is 26.5 Å². The maximum Gasteiger partial charge on any atom is 0.337 e. The van der Waals surface area contributed by atoms with E-state index >= 15 is 0 Å². The van der Waals surface area contributed by atoms with Gasteiger partial charge in [0, 0.05) is 10.7 Å². The number of rotatable bonds is 7. The van der Waals surface area contributed by atoms with Crippen LogP contribution in [-0.4, -0.2) is 26.2 Å². The number of esters is 1. The first-order valence-corrected chi connectivity index (χ1v) is 10.2. The van der Waals surface area contributed by atoms with Crippen LogP contribution in [0.5, 0.6) is 11.5 Å². The van der Waals surface area contributed by atoms with E-state index in [-0.39, 0.29) is 11.9 Å². The van der Waals surface area contributed by atoms with Crippen molar-refractivity contribution in [1.82, 2.24) is 10.6 Å².